The Labute approximate surface area is 89.8 Å². The Morgan fingerprint density at radius 1 is 1.60 bits per heavy atom. The highest BCUT2D eigenvalue weighted by molar-refractivity contribution is 7.91. The molecule has 1 fully saturated rings. The van der Waals surface area contributed by atoms with Crippen molar-refractivity contribution in [3.05, 3.63) is 0 Å². The Hall–Kier alpha value is -0.620. The van der Waals surface area contributed by atoms with E-state index in [0.717, 1.165) is 0 Å². The Morgan fingerprint density at radius 2 is 2.27 bits per heavy atom. The van der Waals surface area contributed by atoms with E-state index in [-0.39, 0.29) is 30.1 Å². The first-order valence-corrected chi connectivity index (χ1v) is 6.92. The molecule has 2 N–H and O–H groups in total. The van der Waals surface area contributed by atoms with Gasteiger partial charge in [0.1, 0.15) is 0 Å². The van der Waals surface area contributed by atoms with Gasteiger partial charge in [-0.3, -0.25) is 4.79 Å². The molecule has 0 aliphatic carbocycles. The van der Waals surface area contributed by atoms with Crippen LogP contribution in [0.15, 0.2) is 0 Å². The van der Waals surface area contributed by atoms with Crippen molar-refractivity contribution in [2.75, 3.05) is 18.1 Å². The van der Waals surface area contributed by atoms with Crippen molar-refractivity contribution in [3.63, 3.8) is 0 Å². The summed E-state index contributed by atoms with van der Waals surface area (Å²) in [5.74, 6) is -0.644. The van der Waals surface area contributed by atoms with Crippen LogP contribution in [-0.2, 0) is 14.6 Å². The normalized spacial score (nSPS) is 26.1. The van der Waals surface area contributed by atoms with Crippen LogP contribution >= 0.6 is 0 Å². The van der Waals surface area contributed by atoms with Crippen LogP contribution in [0.1, 0.15) is 19.8 Å². The van der Waals surface area contributed by atoms with E-state index in [1.54, 1.807) is 0 Å². The van der Waals surface area contributed by atoms with Crippen LogP contribution in [0, 0.1) is 5.92 Å². The molecule has 1 rings (SSSR count). The summed E-state index contributed by atoms with van der Waals surface area (Å²) in [5.41, 5.74) is 0. The van der Waals surface area contributed by atoms with Gasteiger partial charge in [0, 0.05) is 0 Å². The van der Waals surface area contributed by atoms with Crippen LogP contribution < -0.4 is 5.32 Å². The number of amides is 1. The number of aliphatic hydroxyl groups is 1. The maximum Gasteiger partial charge on any atom is 0.224 e. The van der Waals surface area contributed by atoms with Gasteiger partial charge in [-0.15, -0.1) is 0 Å². The third-order valence-electron chi connectivity index (χ3n) is 2.66. The lowest BCUT2D eigenvalue weighted by molar-refractivity contribution is -0.125. The molecular formula is C9H17NO4S. The first-order chi connectivity index (χ1) is 6.98. The van der Waals surface area contributed by atoms with Gasteiger partial charge in [0.25, 0.3) is 0 Å². The van der Waals surface area contributed by atoms with E-state index in [0.29, 0.717) is 12.8 Å². The summed E-state index contributed by atoms with van der Waals surface area (Å²) in [6.07, 6.45) is 1.04. The van der Waals surface area contributed by atoms with E-state index in [9.17, 15) is 13.2 Å². The van der Waals surface area contributed by atoms with Crippen LogP contribution in [0.25, 0.3) is 0 Å². The van der Waals surface area contributed by atoms with Gasteiger partial charge in [-0.05, 0) is 12.8 Å². The molecule has 0 aromatic rings. The molecule has 15 heavy (non-hydrogen) atoms. The molecule has 0 radical (unpaired) electrons. The van der Waals surface area contributed by atoms with Crippen LogP contribution in [-0.4, -0.2) is 43.6 Å². The number of carbonyl (C=O) groups excluding carboxylic acids is 1. The summed E-state index contributed by atoms with van der Waals surface area (Å²) < 4.78 is 22.3. The van der Waals surface area contributed by atoms with Gasteiger partial charge < -0.3 is 10.4 Å². The molecule has 1 amide bonds. The predicted molar refractivity (Wildman–Crippen MR) is 56.1 cm³/mol. The molecule has 88 valence electrons. The quantitative estimate of drug-likeness (QED) is 0.675. The SMILES string of the molecule is CCC(CO)NC(=O)C1CCS(=O)(=O)C1. The van der Waals surface area contributed by atoms with E-state index < -0.39 is 15.8 Å². The number of aliphatic hydroxyl groups excluding tert-OH is 1. The van der Waals surface area contributed by atoms with Gasteiger partial charge in [-0.25, -0.2) is 8.42 Å². The van der Waals surface area contributed by atoms with E-state index in [1.165, 1.54) is 0 Å². The molecule has 0 aromatic heterocycles. The molecule has 2 unspecified atom stereocenters. The zero-order chi connectivity index (χ0) is 11.5. The van der Waals surface area contributed by atoms with E-state index in [4.69, 9.17) is 5.11 Å². The fourth-order valence-electron chi connectivity index (χ4n) is 1.60. The minimum absolute atomic E-state index is 0.0549. The van der Waals surface area contributed by atoms with Gasteiger partial charge >= 0.3 is 0 Å². The molecule has 0 spiro atoms. The second kappa shape index (κ2) is 4.94. The second-order valence-electron chi connectivity index (χ2n) is 3.90. The highest BCUT2D eigenvalue weighted by atomic mass is 32.2. The van der Waals surface area contributed by atoms with Gasteiger partial charge in [0.2, 0.25) is 5.91 Å². The lowest BCUT2D eigenvalue weighted by Gasteiger charge is -2.16. The topological polar surface area (TPSA) is 83.5 Å². The third kappa shape index (κ3) is 3.46. The van der Waals surface area contributed by atoms with E-state index >= 15 is 0 Å². The van der Waals surface area contributed by atoms with Crippen molar-refractivity contribution in [2.45, 2.75) is 25.8 Å². The molecule has 0 aromatic carbocycles. The molecule has 0 bridgehead atoms. The summed E-state index contributed by atoms with van der Waals surface area (Å²) in [7, 11) is -3.01. The maximum atomic E-state index is 11.6. The van der Waals surface area contributed by atoms with Crippen molar-refractivity contribution >= 4 is 15.7 Å². The highest BCUT2D eigenvalue weighted by Gasteiger charge is 2.33. The molecule has 1 heterocycles. The fourth-order valence-corrected chi connectivity index (χ4v) is 3.34. The van der Waals surface area contributed by atoms with Gasteiger partial charge in [0.05, 0.1) is 30.1 Å². The van der Waals surface area contributed by atoms with Crippen molar-refractivity contribution in [1.29, 1.82) is 0 Å². The average Bonchev–Trinajstić information content (AvgIpc) is 2.55. The number of hydrogen-bond acceptors (Lipinski definition) is 4. The molecule has 6 heteroatoms. The van der Waals surface area contributed by atoms with Crippen LogP contribution in [0.3, 0.4) is 0 Å². The maximum absolute atomic E-state index is 11.6. The Bertz CT molecular complexity index is 321. The van der Waals surface area contributed by atoms with Crippen molar-refractivity contribution in [3.8, 4) is 0 Å². The second-order valence-corrected chi connectivity index (χ2v) is 6.13. The zero-order valence-electron chi connectivity index (χ0n) is 8.77. The number of nitrogens with one attached hydrogen (secondary N) is 1. The Kier molecular flexibility index (Phi) is 4.10. The van der Waals surface area contributed by atoms with Gasteiger partial charge in [0.15, 0.2) is 9.84 Å². The standard InChI is InChI=1S/C9H17NO4S/c1-2-8(5-11)10-9(12)7-3-4-15(13,14)6-7/h7-8,11H,2-6H2,1H3,(H,10,12). The number of sulfone groups is 1. The van der Waals surface area contributed by atoms with Crippen molar-refractivity contribution < 1.29 is 18.3 Å². The van der Waals surface area contributed by atoms with E-state index in [2.05, 4.69) is 5.32 Å². The fraction of sp³-hybridized carbons (Fsp3) is 0.889. The molecule has 5 nitrogen and oxygen atoms in total. The van der Waals surface area contributed by atoms with Crippen LogP contribution in [0.2, 0.25) is 0 Å². The number of hydrogen-bond donors (Lipinski definition) is 2. The minimum atomic E-state index is -3.01. The largest absolute Gasteiger partial charge is 0.394 e. The van der Waals surface area contributed by atoms with Crippen LogP contribution in [0.5, 0.6) is 0 Å². The summed E-state index contributed by atoms with van der Waals surface area (Å²) in [5, 5.41) is 11.5. The summed E-state index contributed by atoms with van der Waals surface area (Å²) in [6.45, 7) is 1.74. The van der Waals surface area contributed by atoms with Crippen molar-refractivity contribution in [2.24, 2.45) is 5.92 Å². The molecular weight excluding hydrogens is 218 g/mol. The average molecular weight is 235 g/mol. The lowest BCUT2D eigenvalue weighted by atomic mass is 10.1. The minimum Gasteiger partial charge on any atom is -0.394 e. The first-order valence-electron chi connectivity index (χ1n) is 5.10. The lowest BCUT2D eigenvalue weighted by Crippen LogP contribution is -2.41. The number of carbonyl (C=O) groups is 1. The Balaban J connectivity index is 2.49. The zero-order valence-corrected chi connectivity index (χ0v) is 9.59. The number of rotatable bonds is 4. The smallest absolute Gasteiger partial charge is 0.224 e. The Morgan fingerprint density at radius 3 is 2.67 bits per heavy atom. The molecule has 0 saturated carbocycles. The third-order valence-corrected chi connectivity index (χ3v) is 4.43. The molecule has 2 atom stereocenters. The van der Waals surface area contributed by atoms with Gasteiger partial charge in [-0.1, -0.05) is 6.92 Å². The first kappa shape index (κ1) is 12.4. The van der Waals surface area contributed by atoms with Crippen molar-refractivity contribution in [1.82, 2.24) is 5.32 Å². The van der Waals surface area contributed by atoms with E-state index in [1.807, 2.05) is 6.92 Å². The molecule has 1 aliphatic rings. The molecule has 1 saturated heterocycles. The molecule has 1 aliphatic heterocycles. The summed E-state index contributed by atoms with van der Waals surface area (Å²) in [6, 6.07) is -0.263. The highest BCUT2D eigenvalue weighted by Crippen LogP contribution is 2.18. The summed E-state index contributed by atoms with van der Waals surface area (Å²) in [4.78, 5) is 11.6. The predicted octanol–water partition coefficient (Wildman–Crippen LogP) is -0.692. The monoisotopic (exact) mass is 235 g/mol. The van der Waals surface area contributed by atoms with Crippen LogP contribution in [0.4, 0.5) is 0 Å². The van der Waals surface area contributed by atoms with Gasteiger partial charge in [-0.2, -0.15) is 0 Å². The summed E-state index contributed by atoms with van der Waals surface area (Å²) >= 11 is 0.